The van der Waals surface area contributed by atoms with Gasteiger partial charge >= 0.3 is 5.97 Å². The van der Waals surface area contributed by atoms with E-state index in [0.717, 1.165) is 38.6 Å². The second-order valence-corrected chi connectivity index (χ2v) is 4.13. The zero-order chi connectivity index (χ0) is 13.4. The van der Waals surface area contributed by atoms with E-state index in [-0.39, 0.29) is 0 Å². The van der Waals surface area contributed by atoms with Gasteiger partial charge in [-0.15, -0.1) is 0 Å². The Balaban J connectivity index is 0. The van der Waals surface area contributed by atoms with Crippen molar-refractivity contribution in [3.05, 3.63) is 0 Å². The van der Waals surface area contributed by atoms with E-state index in [1.807, 2.05) is 0 Å². The Morgan fingerprint density at radius 1 is 1.00 bits per heavy atom. The molecule has 0 aliphatic rings. The van der Waals surface area contributed by atoms with Gasteiger partial charge in [-0.2, -0.15) is 0 Å². The van der Waals surface area contributed by atoms with Gasteiger partial charge in [0.05, 0.1) is 0 Å². The maximum Gasteiger partial charge on any atom is 0.303 e. The monoisotopic (exact) mass is 247 g/mol. The Bertz CT molecular complexity index is 148. The Morgan fingerprint density at radius 2 is 1.59 bits per heavy atom. The van der Waals surface area contributed by atoms with Gasteiger partial charge in [-0.05, 0) is 32.2 Å². The molecule has 0 saturated carbocycles. The molecule has 0 aromatic carbocycles. The van der Waals surface area contributed by atoms with Crippen molar-refractivity contribution in [1.82, 2.24) is 0 Å². The predicted octanol–water partition coefficient (Wildman–Crippen LogP) is 2.54. The fourth-order valence-corrected chi connectivity index (χ4v) is 1.31. The van der Waals surface area contributed by atoms with Gasteiger partial charge in [-0.3, -0.25) is 4.79 Å². The average Bonchev–Trinajstić information content (AvgIpc) is 2.30. The Morgan fingerprint density at radius 3 is 2.06 bits per heavy atom. The highest BCUT2D eigenvalue weighted by Crippen LogP contribution is 2.04. The van der Waals surface area contributed by atoms with Gasteiger partial charge < -0.3 is 15.9 Å². The molecule has 0 unspecified atom stereocenters. The van der Waals surface area contributed by atoms with E-state index in [2.05, 4.69) is 6.92 Å². The molecule has 4 nitrogen and oxygen atoms in total. The molecule has 4 N–H and O–H groups in total. The zero-order valence-corrected chi connectivity index (χ0v) is 11.2. The molecule has 0 rings (SSSR count). The highest BCUT2D eigenvalue weighted by atomic mass is 16.4. The van der Waals surface area contributed by atoms with Crippen LogP contribution in [0.25, 0.3) is 0 Å². The third-order valence-corrected chi connectivity index (χ3v) is 2.36. The summed E-state index contributed by atoms with van der Waals surface area (Å²) in [7, 11) is 0. The predicted molar refractivity (Wildman–Crippen MR) is 71.0 cm³/mol. The third-order valence-electron chi connectivity index (χ3n) is 2.36. The highest BCUT2D eigenvalue weighted by molar-refractivity contribution is 5.66. The fraction of sp³-hybridized carbons (Fsp3) is 0.923. The number of carboxylic acid groups (broad SMARTS) is 1. The van der Waals surface area contributed by atoms with Gasteiger partial charge in [0.25, 0.3) is 0 Å². The van der Waals surface area contributed by atoms with Crippen LogP contribution in [0.15, 0.2) is 0 Å². The summed E-state index contributed by atoms with van der Waals surface area (Å²) in [6, 6.07) is 0. The van der Waals surface area contributed by atoms with Crippen LogP contribution >= 0.6 is 0 Å². The summed E-state index contributed by atoms with van der Waals surface area (Å²) in [5.74, 6) is -0.670. The van der Waals surface area contributed by atoms with Crippen molar-refractivity contribution in [3.63, 3.8) is 0 Å². The van der Waals surface area contributed by atoms with Crippen LogP contribution < -0.4 is 5.73 Å². The summed E-state index contributed by atoms with van der Waals surface area (Å²) >= 11 is 0. The maximum atomic E-state index is 10.0. The number of rotatable bonds is 10. The zero-order valence-electron chi connectivity index (χ0n) is 11.2. The van der Waals surface area contributed by atoms with Gasteiger partial charge in [0, 0.05) is 13.0 Å². The lowest BCUT2D eigenvalue weighted by atomic mass is 10.1. The van der Waals surface area contributed by atoms with E-state index in [0.29, 0.717) is 13.0 Å². The van der Waals surface area contributed by atoms with E-state index in [4.69, 9.17) is 15.9 Å². The highest BCUT2D eigenvalue weighted by Gasteiger charge is 1.94. The number of carboxylic acids is 1. The quantitative estimate of drug-likeness (QED) is 0.518. The molecule has 4 heteroatoms. The molecule has 0 heterocycles. The summed E-state index contributed by atoms with van der Waals surface area (Å²) in [5.41, 5.74) is 5.19. The van der Waals surface area contributed by atoms with Crippen LogP contribution in [0.4, 0.5) is 0 Å². The number of aliphatic carboxylic acids is 1. The second kappa shape index (κ2) is 17.8. The summed E-state index contributed by atoms with van der Waals surface area (Å²) in [6.07, 6.45) is 8.89. The molecule has 104 valence electrons. The first kappa shape index (κ1) is 18.7. The van der Waals surface area contributed by atoms with Crippen molar-refractivity contribution in [2.24, 2.45) is 5.73 Å². The number of unbranched alkanes of at least 4 members (excludes halogenated alkanes) is 6. The minimum Gasteiger partial charge on any atom is -0.481 e. The van der Waals surface area contributed by atoms with Crippen LogP contribution in [0, 0.1) is 0 Å². The Labute approximate surface area is 105 Å². The normalized spacial score (nSPS) is 9.59. The van der Waals surface area contributed by atoms with Crippen LogP contribution in [-0.4, -0.2) is 29.3 Å². The van der Waals surface area contributed by atoms with Crippen molar-refractivity contribution in [2.75, 3.05) is 13.2 Å². The average molecular weight is 247 g/mol. The van der Waals surface area contributed by atoms with E-state index < -0.39 is 5.97 Å². The molecule has 0 atom stereocenters. The molecule has 0 fully saturated rings. The van der Waals surface area contributed by atoms with Gasteiger partial charge in [0.1, 0.15) is 0 Å². The number of hydrogen-bond acceptors (Lipinski definition) is 3. The summed E-state index contributed by atoms with van der Waals surface area (Å²) in [5, 5.41) is 16.5. The molecule has 0 spiro atoms. The molecule has 0 bridgehead atoms. The molecule has 0 saturated heterocycles. The van der Waals surface area contributed by atoms with Gasteiger partial charge in [0.15, 0.2) is 0 Å². The molecule has 0 aromatic rings. The molecular formula is C13H29NO3. The van der Waals surface area contributed by atoms with Crippen LogP contribution in [0.5, 0.6) is 0 Å². The smallest absolute Gasteiger partial charge is 0.303 e. The Kier molecular flexibility index (Phi) is 19.6. The standard InChI is InChI=1S/C8H16O2.C5H13NO/c1-2-3-4-5-6-7-8(9)10;6-4-2-1-3-5-7/h2-7H2,1H3,(H,9,10);7H,1-6H2. The van der Waals surface area contributed by atoms with Crippen molar-refractivity contribution in [3.8, 4) is 0 Å². The lowest BCUT2D eigenvalue weighted by Gasteiger charge is -1.95. The van der Waals surface area contributed by atoms with Crippen molar-refractivity contribution < 1.29 is 15.0 Å². The topological polar surface area (TPSA) is 83.5 Å². The SMILES string of the molecule is CCCCCCCC(=O)O.NCCCCCO. The molecule has 0 radical (unpaired) electrons. The Hall–Kier alpha value is -0.610. The van der Waals surface area contributed by atoms with Crippen molar-refractivity contribution in [1.29, 1.82) is 0 Å². The van der Waals surface area contributed by atoms with Crippen LogP contribution in [0.1, 0.15) is 64.7 Å². The number of carbonyl (C=O) groups is 1. The summed E-state index contributed by atoms with van der Waals surface area (Å²) in [4.78, 5) is 10.0. The first-order valence-corrected chi connectivity index (χ1v) is 6.71. The van der Waals surface area contributed by atoms with Crippen LogP contribution in [0.2, 0.25) is 0 Å². The van der Waals surface area contributed by atoms with Gasteiger partial charge in [-0.1, -0.05) is 32.6 Å². The van der Waals surface area contributed by atoms with Gasteiger partial charge in [-0.25, -0.2) is 0 Å². The number of nitrogens with two attached hydrogens (primary N) is 1. The molecule has 0 aromatic heterocycles. The van der Waals surface area contributed by atoms with Crippen molar-refractivity contribution >= 4 is 5.97 Å². The van der Waals surface area contributed by atoms with Crippen molar-refractivity contribution in [2.45, 2.75) is 64.7 Å². The van der Waals surface area contributed by atoms with E-state index >= 15 is 0 Å². The first-order chi connectivity index (χ1) is 8.18. The number of aliphatic hydroxyl groups is 1. The van der Waals surface area contributed by atoms with E-state index in [9.17, 15) is 4.79 Å². The lowest BCUT2D eigenvalue weighted by molar-refractivity contribution is -0.137. The van der Waals surface area contributed by atoms with E-state index in [1.54, 1.807) is 0 Å². The maximum absolute atomic E-state index is 10.0. The third kappa shape index (κ3) is 25.6. The largest absolute Gasteiger partial charge is 0.481 e. The number of aliphatic hydroxyl groups excluding tert-OH is 1. The number of hydrogen-bond donors (Lipinski definition) is 3. The van der Waals surface area contributed by atoms with Crippen LogP contribution in [-0.2, 0) is 4.79 Å². The first-order valence-electron chi connectivity index (χ1n) is 6.71. The summed E-state index contributed by atoms with van der Waals surface area (Å²) in [6.45, 7) is 3.21. The molecule has 0 aliphatic heterocycles. The van der Waals surface area contributed by atoms with Gasteiger partial charge in [0.2, 0.25) is 0 Å². The molecule has 17 heavy (non-hydrogen) atoms. The lowest BCUT2D eigenvalue weighted by Crippen LogP contribution is -1.98. The molecule has 0 aliphatic carbocycles. The molecular weight excluding hydrogens is 218 g/mol. The second-order valence-electron chi connectivity index (χ2n) is 4.13. The molecule has 0 amide bonds. The van der Waals surface area contributed by atoms with Crippen LogP contribution in [0.3, 0.4) is 0 Å². The minimum atomic E-state index is -0.670. The van der Waals surface area contributed by atoms with E-state index in [1.165, 1.54) is 19.3 Å². The minimum absolute atomic E-state index is 0.306. The fourth-order valence-electron chi connectivity index (χ4n) is 1.31. The summed E-state index contributed by atoms with van der Waals surface area (Å²) < 4.78 is 0.